The predicted octanol–water partition coefficient (Wildman–Crippen LogP) is 4.55. The Morgan fingerprint density at radius 1 is 1.18 bits per heavy atom. The van der Waals surface area contributed by atoms with Crippen LogP contribution in [-0.2, 0) is 0 Å². The number of non-ortho nitro benzene ring substituents is 1. The molecular formula is C17H14F3N3O4S. The maximum Gasteiger partial charge on any atom is 0.422 e. The molecule has 0 amide bonds. The number of benzene rings is 2. The second-order valence-electron chi connectivity index (χ2n) is 5.59. The molecule has 148 valence electrons. The third-order valence-electron chi connectivity index (χ3n) is 3.29. The van der Waals surface area contributed by atoms with Crippen LogP contribution in [0.1, 0.15) is 17.3 Å². The van der Waals surface area contributed by atoms with Crippen molar-refractivity contribution in [3.8, 4) is 5.75 Å². The highest BCUT2D eigenvalue weighted by molar-refractivity contribution is 7.80. The van der Waals surface area contributed by atoms with E-state index >= 15 is 0 Å². The van der Waals surface area contributed by atoms with E-state index in [2.05, 4.69) is 15.4 Å². The summed E-state index contributed by atoms with van der Waals surface area (Å²) in [5, 5.41) is 16.5. The van der Waals surface area contributed by atoms with Crippen LogP contribution in [0.25, 0.3) is 0 Å². The summed E-state index contributed by atoms with van der Waals surface area (Å²) in [6.07, 6.45) is -4.59. The number of rotatable bonds is 6. The standard InChI is InChI=1S/C17H14F3N3O4S/c1-10(24)11-3-2-4-12(5-11)21-16(28)22-13-6-14(23(25)26)8-15(7-13)27-9-17(18,19)20/h2-8H,9H2,1H3,(H2,21,22,28). The first-order chi connectivity index (χ1) is 13.0. The van der Waals surface area contributed by atoms with Gasteiger partial charge in [-0.2, -0.15) is 13.2 Å². The summed E-state index contributed by atoms with van der Waals surface area (Å²) in [6.45, 7) is -0.185. The van der Waals surface area contributed by atoms with E-state index in [0.29, 0.717) is 11.3 Å². The molecule has 2 aromatic carbocycles. The van der Waals surface area contributed by atoms with Gasteiger partial charge in [-0.05, 0) is 31.3 Å². The van der Waals surface area contributed by atoms with Gasteiger partial charge >= 0.3 is 6.18 Å². The molecule has 11 heteroatoms. The first-order valence-corrected chi connectivity index (χ1v) is 8.12. The molecule has 0 aliphatic carbocycles. The topological polar surface area (TPSA) is 93.5 Å². The van der Waals surface area contributed by atoms with E-state index in [1.54, 1.807) is 24.3 Å². The molecule has 0 aromatic heterocycles. The molecule has 28 heavy (non-hydrogen) atoms. The predicted molar refractivity (Wildman–Crippen MR) is 101 cm³/mol. The maximum absolute atomic E-state index is 12.3. The smallest absolute Gasteiger partial charge is 0.422 e. The van der Waals surface area contributed by atoms with Crippen molar-refractivity contribution in [1.29, 1.82) is 0 Å². The van der Waals surface area contributed by atoms with Crippen molar-refractivity contribution in [2.45, 2.75) is 13.1 Å². The molecule has 0 saturated heterocycles. The largest absolute Gasteiger partial charge is 0.484 e. The summed E-state index contributed by atoms with van der Waals surface area (Å²) in [5.74, 6) is -0.483. The maximum atomic E-state index is 12.3. The lowest BCUT2D eigenvalue weighted by molar-refractivity contribution is -0.384. The second kappa shape index (κ2) is 8.65. The van der Waals surface area contributed by atoms with Gasteiger partial charge in [0.1, 0.15) is 5.75 Å². The Bertz CT molecular complexity index is 919. The van der Waals surface area contributed by atoms with Crippen LogP contribution in [0, 0.1) is 10.1 Å². The lowest BCUT2D eigenvalue weighted by Gasteiger charge is -2.13. The zero-order valence-electron chi connectivity index (χ0n) is 14.4. The Labute approximate surface area is 162 Å². The van der Waals surface area contributed by atoms with E-state index in [-0.39, 0.29) is 22.3 Å². The molecule has 2 N–H and O–H groups in total. The number of Topliss-reactive ketones (excluding diaryl/α,β-unsaturated/α-hetero) is 1. The van der Waals surface area contributed by atoms with Gasteiger partial charge in [0.15, 0.2) is 17.5 Å². The number of nitro benzene ring substituents is 1. The van der Waals surface area contributed by atoms with Crippen LogP contribution in [-0.4, -0.2) is 28.6 Å². The molecule has 0 aliphatic rings. The Kier molecular flexibility index (Phi) is 6.52. The van der Waals surface area contributed by atoms with E-state index in [1.807, 2.05) is 0 Å². The Morgan fingerprint density at radius 3 is 2.46 bits per heavy atom. The van der Waals surface area contributed by atoms with Crippen molar-refractivity contribution in [3.63, 3.8) is 0 Å². The Hall–Kier alpha value is -3.21. The third-order valence-corrected chi connectivity index (χ3v) is 3.49. The van der Waals surface area contributed by atoms with Gasteiger partial charge in [0.2, 0.25) is 0 Å². The van der Waals surface area contributed by atoms with Crippen molar-refractivity contribution in [1.82, 2.24) is 0 Å². The van der Waals surface area contributed by atoms with Crippen LogP contribution >= 0.6 is 12.2 Å². The molecule has 0 radical (unpaired) electrons. The molecule has 0 atom stereocenters. The van der Waals surface area contributed by atoms with E-state index in [1.165, 1.54) is 6.92 Å². The molecule has 7 nitrogen and oxygen atoms in total. The molecule has 2 aromatic rings. The minimum absolute atomic E-state index is 0.0166. The van der Waals surface area contributed by atoms with E-state index in [4.69, 9.17) is 12.2 Å². The summed E-state index contributed by atoms with van der Waals surface area (Å²) in [4.78, 5) is 21.7. The van der Waals surface area contributed by atoms with Crippen LogP contribution in [0.5, 0.6) is 5.75 Å². The highest BCUT2D eigenvalue weighted by Crippen LogP contribution is 2.28. The second-order valence-corrected chi connectivity index (χ2v) is 6.00. The van der Waals surface area contributed by atoms with Gasteiger partial charge in [-0.15, -0.1) is 0 Å². The van der Waals surface area contributed by atoms with Gasteiger partial charge in [0.25, 0.3) is 5.69 Å². The summed E-state index contributed by atoms with van der Waals surface area (Å²) in [6, 6.07) is 9.59. The van der Waals surface area contributed by atoms with Crippen molar-refractivity contribution in [2.24, 2.45) is 0 Å². The van der Waals surface area contributed by atoms with Crippen LogP contribution in [0.3, 0.4) is 0 Å². The number of carbonyl (C=O) groups excluding carboxylic acids is 1. The minimum Gasteiger partial charge on any atom is -0.484 e. The highest BCUT2D eigenvalue weighted by atomic mass is 32.1. The van der Waals surface area contributed by atoms with E-state index in [0.717, 1.165) is 18.2 Å². The average Bonchev–Trinajstić information content (AvgIpc) is 2.59. The van der Waals surface area contributed by atoms with Gasteiger partial charge in [0, 0.05) is 23.4 Å². The summed E-state index contributed by atoms with van der Waals surface area (Å²) in [5.41, 5.74) is 0.533. The number of ketones is 1. The molecule has 0 spiro atoms. The molecule has 0 fully saturated rings. The first kappa shape index (κ1) is 21.1. The van der Waals surface area contributed by atoms with Gasteiger partial charge < -0.3 is 15.4 Å². The number of hydrogen-bond donors (Lipinski definition) is 2. The van der Waals surface area contributed by atoms with Crippen molar-refractivity contribution < 1.29 is 27.6 Å². The number of thiocarbonyl (C=S) groups is 1. The van der Waals surface area contributed by atoms with Crippen molar-refractivity contribution in [2.75, 3.05) is 17.2 Å². The Balaban J connectivity index is 2.16. The van der Waals surface area contributed by atoms with Crippen LogP contribution in [0.15, 0.2) is 42.5 Å². The fourth-order valence-electron chi connectivity index (χ4n) is 2.12. The monoisotopic (exact) mass is 413 g/mol. The van der Waals surface area contributed by atoms with Crippen LogP contribution < -0.4 is 15.4 Å². The zero-order chi connectivity index (χ0) is 20.9. The number of carbonyl (C=O) groups is 1. The van der Waals surface area contributed by atoms with Crippen LogP contribution in [0.2, 0.25) is 0 Å². The number of nitrogens with zero attached hydrogens (tertiary/aromatic N) is 1. The Morgan fingerprint density at radius 2 is 1.86 bits per heavy atom. The van der Waals surface area contributed by atoms with Gasteiger partial charge in [-0.1, -0.05) is 12.1 Å². The quantitative estimate of drug-likeness (QED) is 0.311. The SMILES string of the molecule is CC(=O)c1cccc(NC(=S)Nc2cc(OCC(F)(F)F)cc([N+](=O)[O-])c2)c1. The number of hydrogen-bond acceptors (Lipinski definition) is 5. The zero-order valence-corrected chi connectivity index (χ0v) is 15.2. The van der Waals surface area contributed by atoms with Crippen molar-refractivity contribution in [3.05, 3.63) is 58.1 Å². The fraction of sp³-hybridized carbons (Fsp3) is 0.176. The molecule has 0 unspecified atom stereocenters. The highest BCUT2D eigenvalue weighted by Gasteiger charge is 2.28. The number of halogens is 3. The average molecular weight is 413 g/mol. The van der Waals surface area contributed by atoms with Gasteiger partial charge in [-0.3, -0.25) is 14.9 Å². The normalized spacial score (nSPS) is 10.9. The number of alkyl halides is 3. The number of anilines is 2. The molecule has 0 heterocycles. The molecule has 0 aliphatic heterocycles. The van der Waals surface area contributed by atoms with Crippen molar-refractivity contribution >= 4 is 40.2 Å². The third kappa shape index (κ3) is 6.50. The molecular weight excluding hydrogens is 399 g/mol. The van der Waals surface area contributed by atoms with Gasteiger partial charge in [0.05, 0.1) is 16.7 Å². The van der Waals surface area contributed by atoms with Crippen LogP contribution in [0.4, 0.5) is 30.2 Å². The lowest BCUT2D eigenvalue weighted by Crippen LogP contribution is -2.20. The minimum atomic E-state index is -4.59. The first-order valence-electron chi connectivity index (χ1n) is 7.71. The lowest BCUT2D eigenvalue weighted by atomic mass is 10.1. The number of nitrogens with one attached hydrogen (secondary N) is 2. The summed E-state index contributed by atoms with van der Waals surface area (Å²) >= 11 is 5.11. The fourth-order valence-corrected chi connectivity index (χ4v) is 2.35. The molecule has 2 rings (SSSR count). The molecule has 0 bridgehead atoms. The summed E-state index contributed by atoms with van der Waals surface area (Å²) in [7, 11) is 0. The number of nitro groups is 1. The van der Waals surface area contributed by atoms with E-state index < -0.39 is 23.4 Å². The van der Waals surface area contributed by atoms with E-state index in [9.17, 15) is 28.1 Å². The molecule has 0 saturated carbocycles. The summed E-state index contributed by atoms with van der Waals surface area (Å²) < 4.78 is 41.5. The van der Waals surface area contributed by atoms with Gasteiger partial charge in [-0.25, -0.2) is 0 Å². The number of ether oxygens (including phenoxy) is 1.